The predicted octanol–water partition coefficient (Wildman–Crippen LogP) is 2.91. The number of hydrogen-bond acceptors (Lipinski definition) is 4. The Balaban J connectivity index is 1.94. The lowest BCUT2D eigenvalue weighted by molar-refractivity contribution is 0.294. The molecule has 0 spiro atoms. The quantitative estimate of drug-likeness (QED) is 0.828. The molecule has 1 saturated carbocycles. The van der Waals surface area contributed by atoms with Crippen molar-refractivity contribution in [1.29, 1.82) is 0 Å². The minimum atomic E-state index is -0.939. The molecular formula is C18H18F3N3O2. The molecule has 8 heteroatoms. The maximum atomic E-state index is 14.3. The highest BCUT2D eigenvalue weighted by Crippen LogP contribution is 2.47. The van der Waals surface area contributed by atoms with Crippen LogP contribution >= 0.6 is 0 Å². The van der Waals surface area contributed by atoms with Gasteiger partial charge >= 0.3 is 0 Å². The fourth-order valence-electron chi connectivity index (χ4n) is 2.59. The molecule has 26 heavy (non-hydrogen) atoms. The fourth-order valence-corrected chi connectivity index (χ4v) is 2.59. The van der Waals surface area contributed by atoms with Crippen LogP contribution < -0.4 is 15.2 Å². The van der Waals surface area contributed by atoms with Crippen molar-refractivity contribution in [3.8, 4) is 23.3 Å². The number of aromatic nitrogens is 2. The van der Waals surface area contributed by atoms with E-state index in [1.165, 1.54) is 18.9 Å². The van der Waals surface area contributed by atoms with Crippen molar-refractivity contribution >= 4 is 5.69 Å². The summed E-state index contributed by atoms with van der Waals surface area (Å²) < 4.78 is 52.9. The van der Waals surface area contributed by atoms with Crippen molar-refractivity contribution in [2.75, 3.05) is 26.6 Å². The first-order valence-electron chi connectivity index (χ1n) is 7.94. The number of hydrogen-bond donors (Lipinski definition) is 1. The lowest BCUT2D eigenvalue weighted by atomic mass is 10.1. The standard InChI is InChI=1S/C18H18F3N3O2/c1-25-14-7-15(26-2)17(21)11(16(14)20)3-4-13-12(22)8-24(23-13)10-18(9-19)5-6-18/h7-8H,5-6,9-10,22H2,1-2H3. The van der Waals surface area contributed by atoms with Crippen molar-refractivity contribution in [1.82, 2.24) is 9.78 Å². The van der Waals surface area contributed by atoms with Crippen LogP contribution in [0.15, 0.2) is 12.3 Å². The van der Waals surface area contributed by atoms with Gasteiger partial charge in [-0.25, -0.2) is 8.78 Å². The monoisotopic (exact) mass is 365 g/mol. The number of ether oxygens (including phenoxy) is 2. The molecule has 0 aliphatic heterocycles. The van der Waals surface area contributed by atoms with Gasteiger partial charge in [-0.05, 0) is 18.8 Å². The highest BCUT2D eigenvalue weighted by atomic mass is 19.1. The van der Waals surface area contributed by atoms with Crippen LogP contribution in [0.3, 0.4) is 0 Å². The largest absolute Gasteiger partial charge is 0.493 e. The molecule has 1 aromatic carbocycles. The molecule has 0 amide bonds. The average Bonchev–Trinajstić information content (AvgIpc) is 3.32. The molecule has 3 rings (SSSR count). The van der Waals surface area contributed by atoms with Crippen molar-refractivity contribution < 1.29 is 22.6 Å². The topological polar surface area (TPSA) is 62.3 Å². The first-order valence-corrected chi connectivity index (χ1v) is 7.94. The van der Waals surface area contributed by atoms with Gasteiger partial charge in [-0.2, -0.15) is 5.10 Å². The van der Waals surface area contributed by atoms with Crippen molar-refractivity contribution in [3.05, 3.63) is 35.2 Å². The van der Waals surface area contributed by atoms with E-state index in [2.05, 4.69) is 16.9 Å². The zero-order valence-corrected chi connectivity index (χ0v) is 14.4. The van der Waals surface area contributed by atoms with Gasteiger partial charge in [0.2, 0.25) is 0 Å². The third-order valence-corrected chi connectivity index (χ3v) is 4.41. The zero-order chi connectivity index (χ0) is 18.9. The van der Waals surface area contributed by atoms with Gasteiger partial charge in [-0.15, -0.1) is 0 Å². The molecule has 1 fully saturated rings. The maximum absolute atomic E-state index is 14.3. The number of nitrogens with zero attached hydrogens (tertiary/aromatic N) is 2. The van der Waals surface area contributed by atoms with E-state index in [9.17, 15) is 13.2 Å². The van der Waals surface area contributed by atoms with E-state index in [0.717, 1.165) is 18.9 Å². The van der Waals surface area contributed by atoms with Gasteiger partial charge in [-0.1, -0.05) is 5.92 Å². The number of nitrogen functional groups attached to an aromatic ring is 1. The number of benzene rings is 1. The van der Waals surface area contributed by atoms with Crippen LogP contribution in [0, 0.1) is 28.9 Å². The molecular weight excluding hydrogens is 347 g/mol. The summed E-state index contributed by atoms with van der Waals surface area (Å²) in [5.41, 5.74) is 5.40. The summed E-state index contributed by atoms with van der Waals surface area (Å²) in [6, 6.07) is 1.10. The number of anilines is 1. The Kier molecular flexibility index (Phi) is 4.72. The van der Waals surface area contributed by atoms with Crippen LogP contribution in [0.5, 0.6) is 11.5 Å². The van der Waals surface area contributed by atoms with Crippen LogP contribution in [0.25, 0.3) is 0 Å². The van der Waals surface area contributed by atoms with Crippen molar-refractivity contribution in [3.63, 3.8) is 0 Å². The fraction of sp³-hybridized carbons (Fsp3) is 0.389. The molecule has 1 aliphatic rings. The van der Waals surface area contributed by atoms with Gasteiger partial charge in [0.25, 0.3) is 0 Å². The molecule has 0 radical (unpaired) electrons. The molecule has 138 valence electrons. The van der Waals surface area contributed by atoms with Gasteiger partial charge in [0.05, 0.1) is 26.6 Å². The number of rotatable bonds is 5. The van der Waals surface area contributed by atoms with Gasteiger partial charge < -0.3 is 15.2 Å². The van der Waals surface area contributed by atoms with Crippen LogP contribution in [-0.4, -0.2) is 30.7 Å². The van der Waals surface area contributed by atoms with Gasteiger partial charge in [0.1, 0.15) is 5.56 Å². The molecule has 2 N–H and O–H groups in total. The van der Waals surface area contributed by atoms with E-state index in [-0.39, 0.29) is 28.3 Å². The molecule has 1 aliphatic carbocycles. The first-order chi connectivity index (χ1) is 12.4. The molecule has 1 heterocycles. The first kappa shape index (κ1) is 18.0. The summed E-state index contributed by atoms with van der Waals surface area (Å²) in [6.07, 6.45) is 3.13. The molecule has 0 bridgehead atoms. The summed E-state index contributed by atoms with van der Waals surface area (Å²) in [4.78, 5) is 0. The van der Waals surface area contributed by atoms with E-state index < -0.39 is 23.9 Å². The number of alkyl halides is 1. The Labute approximate surface area is 148 Å². The van der Waals surface area contributed by atoms with Crippen LogP contribution in [0.4, 0.5) is 18.9 Å². The van der Waals surface area contributed by atoms with Crippen molar-refractivity contribution in [2.24, 2.45) is 5.41 Å². The highest BCUT2D eigenvalue weighted by molar-refractivity contribution is 5.55. The van der Waals surface area contributed by atoms with E-state index in [4.69, 9.17) is 15.2 Å². The number of halogens is 3. The van der Waals surface area contributed by atoms with Gasteiger partial charge in [-0.3, -0.25) is 9.07 Å². The molecule has 5 nitrogen and oxygen atoms in total. The Morgan fingerprint density at radius 3 is 2.31 bits per heavy atom. The van der Waals surface area contributed by atoms with Crippen LogP contribution in [0.1, 0.15) is 24.1 Å². The molecule has 2 aromatic rings. The molecule has 0 saturated heterocycles. The maximum Gasteiger partial charge on any atom is 0.183 e. The summed E-state index contributed by atoms with van der Waals surface area (Å²) in [5, 5.41) is 4.19. The van der Waals surface area contributed by atoms with E-state index in [1.54, 1.807) is 6.20 Å². The normalized spacial score (nSPS) is 14.5. The number of methoxy groups -OCH3 is 2. The zero-order valence-electron chi connectivity index (χ0n) is 14.4. The minimum absolute atomic E-state index is 0.167. The number of nitrogens with two attached hydrogens (primary N) is 1. The van der Waals surface area contributed by atoms with Gasteiger partial charge in [0.15, 0.2) is 28.8 Å². The smallest absolute Gasteiger partial charge is 0.183 e. The SMILES string of the molecule is COc1cc(OC)c(F)c(C#Cc2nn(CC3(CF)CC3)cc2N)c1F. The van der Waals surface area contributed by atoms with E-state index in [1.807, 2.05) is 0 Å². The summed E-state index contributed by atoms with van der Waals surface area (Å²) >= 11 is 0. The van der Waals surface area contributed by atoms with Crippen LogP contribution in [0.2, 0.25) is 0 Å². The van der Waals surface area contributed by atoms with Crippen LogP contribution in [-0.2, 0) is 6.54 Å². The minimum Gasteiger partial charge on any atom is -0.493 e. The average molecular weight is 365 g/mol. The summed E-state index contributed by atoms with van der Waals surface area (Å²) in [5.74, 6) is 2.71. The molecule has 0 atom stereocenters. The molecule has 0 unspecified atom stereocenters. The lowest BCUT2D eigenvalue weighted by Gasteiger charge is -2.09. The van der Waals surface area contributed by atoms with E-state index >= 15 is 0 Å². The Bertz CT molecular complexity index is 867. The summed E-state index contributed by atoms with van der Waals surface area (Å²) in [7, 11) is 2.51. The second-order valence-corrected chi connectivity index (χ2v) is 6.30. The lowest BCUT2D eigenvalue weighted by Crippen LogP contribution is -2.14. The predicted molar refractivity (Wildman–Crippen MR) is 89.7 cm³/mol. The third-order valence-electron chi connectivity index (χ3n) is 4.41. The second-order valence-electron chi connectivity index (χ2n) is 6.30. The Hall–Kier alpha value is -2.82. The molecule has 1 aromatic heterocycles. The van der Waals surface area contributed by atoms with Crippen molar-refractivity contribution in [2.45, 2.75) is 19.4 Å². The van der Waals surface area contributed by atoms with Gasteiger partial charge in [0, 0.05) is 24.2 Å². The summed E-state index contributed by atoms with van der Waals surface area (Å²) in [6.45, 7) is -0.0289. The van der Waals surface area contributed by atoms with E-state index in [0.29, 0.717) is 6.54 Å². The highest BCUT2D eigenvalue weighted by Gasteiger charge is 2.43. The second kappa shape index (κ2) is 6.83. The Morgan fingerprint density at radius 2 is 1.81 bits per heavy atom. The third kappa shape index (κ3) is 3.29. The Morgan fingerprint density at radius 1 is 1.19 bits per heavy atom.